The Bertz CT molecular complexity index is 579. The molecule has 1 aromatic rings. The third kappa shape index (κ3) is 8.65. The first kappa shape index (κ1) is 22.2. The highest BCUT2D eigenvalue weighted by molar-refractivity contribution is 7.89. The third-order valence-corrected chi connectivity index (χ3v) is 5.75. The van der Waals surface area contributed by atoms with Gasteiger partial charge in [-0.05, 0) is 12.1 Å². The Morgan fingerprint density at radius 3 is 1.37 bits per heavy atom. The number of sulfonamides is 1. The van der Waals surface area contributed by atoms with E-state index >= 15 is 0 Å². The topological polar surface area (TPSA) is 83.5 Å². The maximum atomic E-state index is 12.9. The van der Waals surface area contributed by atoms with Crippen molar-refractivity contribution < 1.29 is 32.1 Å². The summed E-state index contributed by atoms with van der Waals surface area (Å²) >= 11 is 0. The Hall–Kier alpha value is -1.07. The minimum absolute atomic E-state index is 0.250. The smallest absolute Gasteiger partial charge is 0.243 e. The number of hydrogen-bond donors (Lipinski definition) is 0. The minimum atomic E-state index is -3.60. The molecule has 0 aromatic heterocycles. The molecule has 1 aromatic carbocycles. The number of ether oxygens (including phenoxy) is 5. The van der Waals surface area contributed by atoms with Gasteiger partial charge in [0.15, 0.2) is 0 Å². The van der Waals surface area contributed by atoms with Gasteiger partial charge in [0.05, 0.1) is 71.0 Å². The molecule has 1 heterocycles. The van der Waals surface area contributed by atoms with E-state index in [1.807, 2.05) is 0 Å². The first-order valence-electron chi connectivity index (χ1n) is 9.15. The van der Waals surface area contributed by atoms with Crippen LogP contribution in [0, 0.1) is 0 Å². The normalized spacial score (nSPS) is 21.2. The van der Waals surface area contributed by atoms with Crippen molar-refractivity contribution in [2.24, 2.45) is 0 Å². The zero-order chi connectivity index (χ0) is 19.2. The maximum Gasteiger partial charge on any atom is 0.243 e. The lowest BCUT2D eigenvalue weighted by atomic mass is 10.4. The van der Waals surface area contributed by atoms with Crippen molar-refractivity contribution >= 4 is 10.0 Å². The summed E-state index contributed by atoms with van der Waals surface area (Å²) in [7, 11) is -3.60. The maximum absolute atomic E-state index is 12.9. The van der Waals surface area contributed by atoms with Crippen molar-refractivity contribution in [2.75, 3.05) is 79.2 Å². The van der Waals surface area contributed by atoms with Gasteiger partial charge >= 0.3 is 0 Å². The van der Waals surface area contributed by atoms with Crippen molar-refractivity contribution in [3.8, 4) is 0 Å². The lowest BCUT2D eigenvalue weighted by molar-refractivity contribution is -0.0151. The molecule has 0 bridgehead atoms. The van der Waals surface area contributed by atoms with E-state index < -0.39 is 10.0 Å². The van der Waals surface area contributed by atoms with Crippen molar-refractivity contribution in [2.45, 2.75) is 4.90 Å². The van der Waals surface area contributed by atoms with Crippen LogP contribution in [0.2, 0.25) is 0 Å². The van der Waals surface area contributed by atoms with Crippen LogP contribution in [0.5, 0.6) is 0 Å². The molecule has 1 fully saturated rings. The molecule has 1 aliphatic rings. The SMILES string of the molecule is O=S(=O)(c1ccccc1)N1CCOCCOCCOCCOCCOCC1. The Morgan fingerprint density at radius 2 is 0.963 bits per heavy atom. The van der Waals surface area contributed by atoms with Gasteiger partial charge in [-0.2, -0.15) is 4.31 Å². The summed E-state index contributed by atoms with van der Waals surface area (Å²) in [5.41, 5.74) is 0. The Kier molecular flexibility index (Phi) is 10.8. The van der Waals surface area contributed by atoms with Crippen LogP contribution in [-0.2, 0) is 33.7 Å². The molecule has 9 heteroatoms. The van der Waals surface area contributed by atoms with Crippen LogP contribution in [-0.4, -0.2) is 91.9 Å². The second-order valence-electron chi connectivity index (χ2n) is 5.78. The second kappa shape index (κ2) is 13.2. The van der Waals surface area contributed by atoms with Gasteiger partial charge in [0.2, 0.25) is 10.0 Å². The molecule has 0 unspecified atom stereocenters. The van der Waals surface area contributed by atoms with Gasteiger partial charge < -0.3 is 23.7 Å². The summed E-state index contributed by atoms with van der Waals surface area (Å²) in [5.74, 6) is 0. The fourth-order valence-electron chi connectivity index (χ4n) is 2.41. The van der Waals surface area contributed by atoms with E-state index in [1.165, 1.54) is 4.31 Å². The van der Waals surface area contributed by atoms with Gasteiger partial charge in [0.25, 0.3) is 0 Å². The van der Waals surface area contributed by atoms with Crippen LogP contribution in [0.15, 0.2) is 35.2 Å². The first-order valence-corrected chi connectivity index (χ1v) is 10.6. The molecule has 1 aliphatic heterocycles. The van der Waals surface area contributed by atoms with E-state index in [1.54, 1.807) is 30.3 Å². The molecule has 0 atom stereocenters. The van der Waals surface area contributed by atoms with Crippen LogP contribution in [0.4, 0.5) is 0 Å². The molecule has 1 saturated heterocycles. The molecule has 0 saturated carbocycles. The van der Waals surface area contributed by atoms with Crippen molar-refractivity contribution in [1.82, 2.24) is 4.31 Å². The first-order chi connectivity index (χ1) is 13.2. The highest BCUT2D eigenvalue weighted by Gasteiger charge is 2.23. The minimum Gasteiger partial charge on any atom is -0.378 e. The van der Waals surface area contributed by atoms with E-state index in [4.69, 9.17) is 23.7 Å². The Morgan fingerprint density at radius 1 is 0.593 bits per heavy atom. The molecule has 0 amide bonds. The van der Waals surface area contributed by atoms with E-state index in [9.17, 15) is 8.42 Å². The Balaban J connectivity index is 1.91. The van der Waals surface area contributed by atoms with E-state index in [0.717, 1.165) is 0 Å². The van der Waals surface area contributed by atoms with E-state index in [0.29, 0.717) is 52.9 Å². The molecule has 2 rings (SSSR count). The fraction of sp³-hybridized carbons (Fsp3) is 0.667. The Labute approximate surface area is 161 Å². The zero-order valence-corrected chi connectivity index (χ0v) is 16.4. The molecular formula is C18H29NO7S. The van der Waals surface area contributed by atoms with E-state index in [2.05, 4.69) is 0 Å². The standard InChI is InChI=1S/C18H29NO7S/c20-27(21,18-4-2-1-3-5-18)19-6-8-22-10-12-24-14-16-26-17-15-25-13-11-23-9-7-19/h1-5H,6-17H2. The summed E-state index contributed by atoms with van der Waals surface area (Å²) in [6, 6.07) is 8.38. The largest absolute Gasteiger partial charge is 0.378 e. The highest BCUT2D eigenvalue weighted by Crippen LogP contribution is 2.14. The molecule has 0 N–H and O–H groups in total. The predicted molar refractivity (Wildman–Crippen MR) is 99.3 cm³/mol. The molecule has 0 radical (unpaired) electrons. The summed E-state index contributed by atoms with van der Waals surface area (Å²) in [4.78, 5) is 0.263. The molecule has 0 spiro atoms. The zero-order valence-electron chi connectivity index (χ0n) is 15.6. The molecule has 8 nitrogen and oxygen atoms in total. The highest BCUT2D eigenvalue weighted by atomic mass is 32.2. The lowest BCUT2D eigenvalue weighted by Gasteiger charge is -2.22. The summed E-state index contributed by atoms with van der Waals surface area (Å²) in [6.07, 6.45) is 0. The number of rotatable bonds is 2. The second-order valence-corrected chi connectivity index (χ2v) is 7.72. The van der Waals surface area contributed by atoms with Crippen LogP contribution in [0.3, 0.4) is 0 Å². The fourth-order valence-corrected chi connectivity index (χ4v) is 3.84. The van der Waals surface area contributed by atoms with E-state index in [-0.39, 0.29) is 31.2 Å². The average molecular weight is 403 g/mol. The number of benzene rings is 1. The number of hydrogen-bond acceptors (Lipinski definition) is 7. The van der Waals surface area contributed by atoms with Crippen LogP contribution >= 0.6 is 0 Å². The quantitative estimate of drug-likeness (QED) is 0.721. The van der Waals surface area contributed by atoms with Gasteiger partial charge in [-0.15, -0.1) is 0 Å². The average Bonchev–Trinajstić information content (AvgIpc) is 2.68. The van der Waals surface area contributed by atoms with Gasteiger partial charge in [0.1, 0.15) is 0 Å². The number of nitrogens with zero attached hydrogens (tertiary/aromatic N) is 1. The van der Waals surface area contributed by atoms with Gasteiger partial charge in [-0.25, -0.2) is 8.42 Å². The van der Waals surface area contributed by atoms with Crippen LogP contribution in [0.1, 0.15) is 0 Å². The molecule has 154 valence electrons. The summed E-state index contributed by atoms with van der Waals surface area (Å²) in [6.45, 7) is 4.73. The van der Waals surface area contributed by atoms with Gasteiger partial charge in [0, 0.05) is 13.1 Å². The predicted octanol–water partition coefficient (Wildman–Crippen LogP) is 0.774. The molecular weight excluding hydrogens is 374 g/mol. The van der Waals surface area contributed by atoms with Gasteiger partial charge in [-0.3, -0.25) is 0 Å². The van der Waals surface area contributed by atoms with Gasteiger partial charge in [-0.1, -0.05) is 18.2 Å². The van der Waals surface area contributed by atoms with Crippen molar-refractivity contribution in [3.63, 3.8) is 0 Å². The summed E-state index contributed by atoms with van der Waals surface area (Å²) in [5, 5.41) is 0. The molecule has 27 heavy (non-hydrogen) atoms. The third-order valence-electron chi connectivity index (χ3n) is 3.84. The van der Waals surface area contributed by atoms with Crippen LogP contribution in [0.25, 0.3) is 0 Å². The van der Waals surface area contributed by atoms with Crippen LogP contribution < -0.4 is 0 Å². The van der Waals surface area contributed by atoms with Crippen molar-refractivity contribution in [1.29, 1.82) is 0 Å². The molecule has 0 aliphatic carbocycles. The monoisotopic (exact) mass is 403 g/mol. The van der Waals surface area contributed by atoms with Crippen molar-refractivity contribution in [3.05, 3.63) is 30.3 Å². The lowest BCUT2D eigenvalue weighted by Crippen LogP contribution is -2.37. The summed E-state index contributed by atoms with van der Waals surface area (Å²) < 4.78 is 54.3.